The molecule has 0 amide bonds. The molecule has 1 heterocycles. The molecule has 0 bridgehead atoms. The van der Waals surface area contributed by atoms with Gasteiger partial charge in [-0.2, -0.15) is 0 Å². The maximum atomic E-state index is 11.5. The van der Waals surface area contributed by atoms with Gasteiger partial charge in [0.15, 0.2) is 0 Å². The highest BCUT2D eigenvalue weighted by Gasteiger charge is 2.31. The normalized spacial score (nSPS) is 30.4. The van der Waals surface area contributed by atoms with E-state index in [0.29, 0.717) is 18.3 Å². The summed E-state index contributed by atoms with van der Waals surface area (Å²) in [7, 11) is -3.21. The van der Waals surface area contributed by atoms with Crippen LogP contribution < -0.4 is 10.0 Å². The quantitative estimate of drug-likeness (QED) is 0.712. The van der Waals surface area contributed by atoms with Crippen molar-refractivity contribution in [2.75, 3.05) is 19.4 Å². The molecule has 7 heteroatoms. The summed E-state index contributed by atoms with van der Waals surface area (Å²) in [5.74, 6) is 0.726. The summed E-state index contributed by atoms with van der Waals surface area (Å²) in [4.78, 5) is 0. The predicted molar refractivity (Wildman–Crippen MR) is 97.2 cm³/mol. The highest BCUT2D eigenvalue weighted by Crippen LogP contribution is 2.37. The largest absolute Gasteiger partial charge is 0.508 e. The molecular formula is C18H28N2O4S. The molecule has 2 aliphatic rings. The third-order valence-corrected chi connectivity index (χ3v) is 5.92. The molecule has 1 unspecified atom stereocenters. The average molecular weight is 368 g/mol. The van der Waals surface area contributed by atoms with Crippen LogP contribution in [0.25, 0.3) is 0 Å². The van der Waals surface area contributed by atoms with E-state index in [2.05, 4.69) is 16.1 Å². The van der Waals surface area contributed by atoms with E-state index in [9.17, 15) is 13.5 Å². The van der Waals surface area contributed by atoms with Crippen molar-refractivity contribution in [3.8, 4) is 5.75 Å². The Hall–Kier alpha value is -1.15. The van der Waals surface area contributed by atoms with Gasteiger partial charge < -0.3 is 15.2 Å². The zero-order valence-corrected chi connectivity index (χ0v) is 15.5. The molecule has 1 aromatic carbocycles. The second kappa shape index (κ2) is 8.03. The lowest BCUT2D eigenvalue weighted by Gasteiger charge is -2.33. The first kappa shape index (κ1) is 18.6. The number of rotatable bonds is 6. The number of benzene rings is 1. The fraction of sp³-hybridized carbons (Fsp3) is 0.667. The molecule has 4 atom stereocenters. The van der Waals surface area contributed by atoms with Gasteiger partial charge >= 0.3 is 0 Å². The Labute approximate surface area is 150 Å². The number of piperidine rings is 1. The molecule has 25 heavy (non-hydrogen) atoms. The Balaban J connectivity index is 1.51. The molecule has 140 valence electrons. The molecular weight excluding hydrogens is 340 g/mol. The molecule has 0 spiro atoms. The summed E-state index contributed by atoms with van der Waals surface area (Å²) in [6.45, 7) is 1.41. The van der Waals surface area contributed by atoms with Crippen molar-refractivity contribution in [2.45, 2.75) is 56.2 Å². The Bertz CT molecular complexity index is 679. The second-order valence-electron chi connectivity index (χ2n) is 7.26. The summed E-state index contributed by atoms with van der Waals surface area (Å²) < 4.78 is 31.9. The maximum Gasteiger partial charge on any atom is 0.209 e. The van der Waals surface area contributed by atoms with Crippen LogP contribution in [-0.4, -0.2) is 51.1 Å². The topological polar surface area (TPSA) is 87.7 Å². The van der Waals surface area contributed by atoms with Gasteiger partial charge in [0.05, 0.1) is 19.0 Å². The molecule has 6 nitrogen and oxygen atoms in total. The minimum absolute atomic E-state index is 0.0169. The molecule has 3 N–H and O–H groups in total. The van der Waals surface area contributed by atoms with Crippen LogP contribution in [0, 0.1) is 0 Å². The van der Waals surface area contributed by atoms with E-state index in [-0.39, 0.29) is 18.2 Å². The van der Waals surface area contributed by atoms with E-state index in [1.165, 1.54) is 11.8 Å². The van der Waals surface area contributed by atoms with Crippen molar-refractivity contribution in [1.29, 1.82) is 0 Å². The first-order valence-corrected chi connectivity index (χ1v) is 10.9. The van der Waals surface area contributed by atoms with Gasteiger partial charge in [-0.25, -0.2) is 13.1 Å². The monoisotopic (exact) mass is 368 g/mol. The van der Waals surface area contributed by atoms with Crippen LogP contribution in [0.5, 0.6) is 5.75 Å². The van der Waals surface area contributed by atoms with Crippen LogP contribution in [0.15, 0.2) is 24.3 Å². The zero-order valence-electron chi connectivity index (χ0n) is 14.6. The van der Waals surface area contributed by atoms with Crippen LogP contribution in [0.3, 0.4) is 0 Å². The van der Waals surface area contributed by atoms with Gasteiger partial charge in [-0.05, 0) is 62.3 Å². The molecule has 1 aromatic rings. The van der Waals surface area contributed by atoms with Gasteiger partial charge in [0, 0.05) is 12.1 Å². The van der Waals surface area contributed by atoms with E-state index in [1.807, 2.05) is 12.1 Å². The summed E-state index contributed by atoms with van der Waals surface area (Å²) in [5.41, 5.74) is 1.17. The number of hydrogen-bond donors (Lipinski definition) is 3. The van der Waals surface area contributed by atoms with Crippen LogP contribution in [-0.2, 0) is 14.8 Å². The number of sulfonamides is 1. The SMILES string of the molecule is CS(=O)(=O)N[C@H]1CCCN[C@H]1COC1CC[C@H](c2cccc(O)c2)C1. The number of aromatic hydroxyl groups is 1. The lowest BCUT2D eigenvalue weighted by Crippen LogP contribution is -2.55. The highest BCUT2D eigenvalue weighted by atomic mass is 32.2. The standard InChI is InChI=1S/C18H28N2O4S/c1-25(22,23)20-17-6-3-9-19-18(17)12-24-16-8-7-14(11-16)13-4-2-5-15(21)10-13/h2,4-5,10,14,16-21H,3,6-9,11-12H2,1H3/t14-,16?,17-,18-/m0/s1. The second-order valence-corrected chi connectivity index (χ2v) is 9.04. The fourth-order valence-corrected chi connectivity index (χ4v) is 4.79. The van der Waals surface area contributed by atoms with Crippen molar-refractivity contribution in [2.24, 2.45) is 0 Å². The first-order chi connectivity index (χ1) is 11.9. The minimum atomic E-state index is -3.21. The van der Waals surface area contributed by atoms with Crippen LogP contribution >= 0.6 is 0 Å². The van der Waals surface area contributed by atoms with Gasteiger partial charge in [0.2, 0.25) is 10.0 Å². The Morgan fingerprint density at radius 2 is 2.16 bits per heavy atom. The third-order valence-electron chi connectivity index (χ3n) is 5.19. The average Bonchev–Trinajstić information content (AvgIpc) is 3.02. The predicted octanol–water partition coefficient (Wildman–Crippen LogP) is 1.71. The number of phenolic OH excluding ortho intramolecular Hbond substituents is 1. The number of hydrogen-bond acceptors (Lipinski definition) is 5. The van der Waals surface area contributed by atoms with Crippen molar-refractivity contribution in [3.05, 3.63) is 29.8 Å². The molecule has 1 aliphatic carbocycles. The first-order valence-electron chi connectivity index (χ1n) is 9.02. The van der Waals surface area contributed by atoms with Crippen LogP contribution in [0.1, 0.15) is 43.6 Å². The number of phenols is 1. The van der Waals surface area contributed by atoms with Gasteiger partial charge in [-0.3, -0.25) is 0 Å². The van der Waals surface area contributed by atoms with E-state index in [1.54, 1.807) is 6.07 Å². The minimum Gasteiger partial charge on any atom is -0.508 e. The van der Waals surface area contributed by atoms with Gasteiger partial charge in [-0.1, -0.05) is 12.1 Å². The fourth-order valence-electron chi connectivity index (χ4n) is 3.96. The lowest BCUT2D eigenvalue weighted by atomic mass is 9.97. The molecule has 1 saturated heterocycles. The van der Waals surface area contributed by atoms with E-state index < -0.39 is 10.0 Å². The van der Waals surface area contributed by atoms with E-state index in [0.717, 1.165) is 38.6 Å². The van der Waals surface area contributed by atoms with Gasteiger partial charge in [0.25, 0.3) is 0 Å². The lowest BCUT2D eigenvalue weighted by molar-refractivity contribution is 0.0321. The third kappa shape index (κ3) is 5.41. The maximum absolute atomic E-state index is 11.5. The molecule has 1 aliphatic heterocycles. The van der Waals surface area contributed by atoms with E-state index in [4.69, 9.17) is 4.74 Å². The van der Waals surface area contributed by atoms with Crippen LogP contribution in [0.4, 0.5) is 0 Å². The molecule has 0 aromatic heterocycles. The Kier molecular flexibility index (Phi) is 5.99. The van der Waals surface area contributed by atoms with Crippen molar-refractivity contribution in [1.82, 2.24) is 10.0 Å². The van der Waals surface area contributed by atoms with Crippen molar-refractivity contribution >= 4 is 10.0 Å². The smallest absolute Gasteiger partial charge is 0.209 e. The van der Waals surface area contributed by atoms with Crippen LogP contribution in [0.2, 0.25) is 0 Å². The molecule has 3 rings (SSSR count). The van der Waals surface area contributed by atoms with Crippen molar-refractivity contribution in [3.63, 3.8) is 0 Å². The summed E-state index contributed by atoms with van der Waals surface area (Å²) >= 11 is 0. The zero-order chi connectivity index (χ0) is 17.9. The molecule has 0 radical (unpaired) electrons. The number of ether oxygens (including phenoxy) is 1. The number of nitrogens with one attached hydrogen (secondary N) is 2. The highest BCUT2D eigenvalue weighted by molar-refractivity contribution is 7.88. The Morgan fingerprint density at radius 1 is 1.32 bits per heavy atom. The van der Waals surface area contributed by atoms with Crippen molar-refractivity contribution < 1.29 is 18.3 Å². The molecule has 1 saturated carbocycles. The summed E-state index contributed by atoms with van der Waals surface area (Å²) in [5, 5.41) is 13.0. The van der Waals surface area contributed by atoms with Gasteiger partial charge in [-0.15, -0.1) is 0 Å². The summed E-state index contributed by atoms with van der Waals surface area (Å²) in [6, 6.07) is 7.38. The summed E-state index contributed by atoms with van der Waals surface area (Å²) in [6.07, 6.45) is 6.19. The van der Waals surface area contributed by atoms with Gasteiger partial charge in [0.1, 0.15) is 5.75 Å². The molecule has 2 fully saturated rings. The Morgan fingerprint density at radius 3 is 2.92 bits per heavy atom. The van der Waals surface area contributed by atoms with E-state index >= 15 is 0 Å².